The highest BCUT2D eigenvalue weighted by molar-refractivity contribution is 9.10. The van der Waals surface area contributed by atoms with E-state index in [0.29, 0.717) is 17.7 Å². The summed E-state index contributed by atoms with van der Waals surface area (Å²) in [6, 6.07) is 5.44. The van der Waals surface area contributed by atoms with Crippen LogP contribution in [0.3, 0.4) is 0 Å². The van der Waals surface area contributed by atoms with Gasteiger partial charge in [0.05, 0.1) is 34.4 Å². The first kappa shape index (κ1) is 37.9. The highest BCUT2D eigenvalue weighted by atomic mass is 79.9. The van der Waals surface area contributed by atoms with E-state index in [0.717, 1.165) is 25.6 Å². The molecule has 0 fully saturated rings. The number of aromatic hydroxyl groups is 1. The normalized spacial score (nSPS) is 17.3. The van der Waals surface area contributed by atoms with Gasteiger partial charge in [-0.15, -0.1) is 0 Å². The van der Waals surface area contributed by atoms with E-state index in [-0.39, 0.29) is 25.3 Å². The Kier molecular flexibility index (Phi) is 12.2. The zero-order valence-corrected chi connectivity index (χ0v) is 31.2. The van der Waals surface area contributed by atoms with Crippen molar-refractivity contribution in [2.24, 2.45) is 0 Å². The summed E-state index contributed by atoms with van der Waals surface area (Å²) < 4.78 is 27.6. The molecule has 2 amide bonds. The van der Waals surface area contributed by atoms with Crippen molar-refractivity contribution in [1.82, 2.24) is 9.80 Å². The molecule has 4 rings (SSSR count). The van der Waals surface area contributed by atoms with Crippen molar-refractivity contribution in [3.8, 4) is 11.5 Å². The molecule has 2 aliphatic heterocycles. The Balaban J connectivity index is 0.000000256. The Bertz CT molecular complexity index is 1520. The van der Waals surface area contributed by atoms with Gasteiger partial charge in [0.15, 0.2) is 0 Å². The summed E-state index contributed by atoms with van der Waals surface area (Å²) in [5.41, 5.74) is 1.85. The number of benzene rings is 2. The average molecular weight is 787 g/mol. The van der Waals surface area contributed by atoms with E-state index in [4.69, 9.17) is 23.7 Å². The van der Waals surface area contributed by atoms with Gasteiger partial charge in [-0.2, -0.15) is 0 Å². The molecule has 2 aromatic carbocycles. The van der Waals surface area contributed by atoms with Gasteiger partial charge in [-0.25, -0.2) is 19.2 Å². The van der Waals surface area contributed by atoms with Crippen molar-refractivity contribution in [3.63, 3.8) is 0 Å². The van der Waals surface area contributed by atoms with Gasteiger partial charge in [0.25, 0.3) is 0 Å². The molecule has 47 heavy (non-hydrogen) atoms. The lowest BCUT2D eigenvalue weighted by Gasteiger charge is -2.37. The number of hydrogen-bond donors (Lipinski definition) is 1. The van der Waals surface area contributed by atoms with E-state index in [9.17, 15) is 24.3 Å². The Morgan fingerprint density at radius 3 is 1.49 bits per heavy atom. The van der Waals surface area contributed by atoms with E-state index >= 15 is 0 Å². The molecular formula is C33H42Br2N2O10. The van der Waals surface area contributed by atoms with Crippen LogP contribution in [0.5, 0.6) is 11.5 Å². The predicted molar refractivity (Wildman–Crippen MR) is 179 cm³/mol. The smallest absolute Gasteiger partial charge is 0.411 e. The second-order valence-corrected chi connectivity index (χ2v) is 14.6. The standard InChI is InChI=1S/C17H22BrNO5.C16H20BrNO5/c1-17(2,3)24-16(21)19-9-11-10(8-13(19)15(20)23-5)12(18)6-7-14(11)22-4;1-16(2,3)23-15(21)18-8-10-9(7-12(18)14(20)22-4)11(17)5-6-13(10)19/h6-7,13H,8-9H2,1-5H3;5-6,12,19H,7-8H2,1-4H3. The van der Waals surface area contributed by atoms with Crippen molar-refractivity contribution in [3.05, 3.63) is 55.5 Å². The van der Waals surface area contributed by atoms with Gasteiger partial charge < -0.3 is 28.8 Å². The summed E-state index contributed by atoms with van der Waals surface area (Å²) in [7, 11) is 4.17. The molecule has 14 heteroatoms. The highest BCUT2D eigenvalue weighted by Gasteiger charge is 2.41. The monoisotopic (exact) mass is 784 g/mol. The van der Waals surface area contributed by atoms with Gasteiger partial charge in [-0.3, -0.25) is 9.80 Å². The molecule has 2 atom stereocenters. The van der Waals surface area contributed by atoms with Crippen LogP contribution in [0.4, 0.5) is 9.59 Å². The number of phenolic OH excluding ortho intramolecular Hbond substituents is 1. The van der Waals surface area contributed by atoms with Gasteiger partial charge in [0.2, 0.25) is 0 Å². The van der Waals surface area contributed by atoms with Crippen LogP contribution in [0, 0.1) is 0 Å². The van der Waals surface area contributed by atoms with Gasteiger partial charge in [0, 0.05) is 32.9 Å². The summed E-state index contributed by atoms with van der Waals surface area (Å²) in [5.74, 6) is -0.233. The molecule has 0 aromatic heterocycles. The molecule has 0 aliphatic carbocycles. The fourth-order valence-corrected chi connectivity index (χ4v) is 6.23. The average Bonchev–Trinajstić information content (AvgIpc) is 3.00. The number of carbonyl (C=O) groups is 4. The molecule has 0 radical (unpaired) electrons. The van der Waals surface area contributed by atoms with Crippen LogP contribution < -0.4 is 4.74 Å². The van der Waals surface area contributed by atoms with Crippen molar-refractivity contribution in [1.29, 1.82) is 0 Å². The van der Waals surface area contributed by atoms with E-state index in [1.54, 1.807) is 60.8 Å². The molecule has 0 saturated carbocycles. The molecule has 0 bridgehead atoms. The molecule has 1 N–H and O–H groups in total. The fraction of sp³-hybridized carbons (Fsp3) is 0.515. The molecule has 2 aromatic rings. The lowest BCUT2D eigenvalue weighted by atomic mass is 9.93. The Labute approximate surface area is 291 Å². The number of nitrogens with zero attached hydrogens (tertiary/aromatic N) is 2. The molecule has 0 saturated heterocycles. The number of halogens is 2. The molecule has 0 spiro atoms. The Morgan fingerprint density at radius 1 is 0.681 bits per heavy atom. The first-order valence-corrected chi connectivity index (χ1v) is 16.4. The number of rotatable bonds is 3. The second-order valence-electron chi connectivity index (χ2n) is 12.9. The number of amides is 2. The minimum absolute atomic E-state index is 0.0787. The number of ether oxygens (including phenoxy) is 5. The summed E-state index contributed by atoms with van der Waals surface area (Å²) in [6.07, 6.45) is -0.585. The Morgan fingerprint density at radius 2 is 1.09 bits per heavy atom. The van der Waals surface area contributed by atoms with Gasteiger partial charge >= 0.3 is 24.1 Å². The van der Waals surface area contributed by atoms with Gasteiger partial charge in [0.1, 0.15) is 34.8 Å². The topological polar surface area (TPSA) is 141 Å². The van der Waals surface area contributed by atoms with E-state index in [2.05, 4.69) is 31.9 Å². The largest absolute Gasteiger partial charge is 0.508 e. The predicted octanol–water partition coefficient (Wildman–Crippen LogP) is 6.28. The van der Waals surface area contributed by atoms with Crippen LogP contribution in [0.25, 0.3) is 0 Å². The summed E-state index contributed by atoms with van der Waals surface area (Å²) in [4.78, 5) is 52.0. The number of methoxy groups -OCH3 is 3. The third kappa shape index (κ3) is 9.31. The van der Waals surface area contributed by atoms with Crippen LogP contribution in [0.1, 0.15) is 63.8 Å². The number of fused-ring (bicyclic) bond motifs is 2. The van der Waals surface area contributed by atoms with Crippen molar-refractivity contribution in [2.75, 3.05) is 21.3 Å². The lowest BCUT2D eigenvalue weighted by Crippen LogP contribution is -2.50. The number of hydrogen-bond acceptors (Lipinski definition) is 10. The van der Waals surface area contributed by atoms with E-state index in [1.807, 2.05) is 12.1 Å². The van der Waals surface area contributed by atoms with Crippen LogP contribution in [-0.2, 0) is 54.5 Å². The molecule has 258 valence electrons. The maximum atomic E-state index is 12.6. The van der Waals surface area contributed by atoms with E-state index in [1.165, 1.54) is 24.0 Å². The maximum Gasteiger partial charge on any atom is 0.411 e. The highest BCUT2D eigenvalue weighted by Crippen LogP contribution is 2.37. The minimum Gasteiger partial charge on any atom is -0.508 e. The molecule has 2 unspecified atom stereocenters. The molecular weight excluding hydrogens is 744 g/mol. The second kappa shape index (κ2) is 15.1. The fourth-order valence-electron chi connectivity index (χ4n) is 5.16. The number of esters is 2. The van der Waals surface area contributed by atoms with Crippen molar-refractivity contribution in [2.45, 2.75) is 90.8 Å². The van der Waals surface area contributed by atoms with Gasteiger partial charge in [-0.05, 0) is 76.9 Å². The van der Waals surface area contributed by atoms with Crippen LogP contribution in [-0.4, -0.2) is 83.6 Å². The SMILES string of the molecule is COC(=O)C1Cc2c(Br)ccc(O)c2CN1C(=O)OC(C)(C)C.COC(=O)C1Cc2c(Br)ccc(OC)c2CN1C(=O)OC(C)(C)C. The van der Waals surface area contributed by atoms with Gasteiger partial charge in [-0.1, -0.05) is 31.9 Å². The third-order valence-corrected chi connectivity index (χ3v) is 8.79. The van der Waals surface area contributed by atoms with Crippen LogP contribution in [0.15, 0.2) is 33.2 Å². The van der Waals surface area contributed by atoms with Crippen LogP contribution in [0.2, 0.25) is 0 Å². The quantitative estimate of drug-likeness (QED) is 0.279. The summed E-state index contributed by atoms with van der Waals surface area (Å²) >= 11 is 6.93. The zero-order valence-electron chi connectivity index (χ0n) is 28.1. The maximum absolute atomic E-state index is 12.6. The Hall–Kier alpha value is -3.52. The first-order chi connectivity index (χ1) is 21.8. The number of carbonyl (C=O) groups excluding carboxylic acids is 4. The lowest BCUT2D eigenvalue weighted by molar-refractivity contribution is -0.148. The minimum atomic E-state index is -0.791. The van der Waals surface area contributed by atoms with Crippen molar-refractivity contribution < 1.29 is 48.0 Å². The summed E-state index contributed by atoms with van der Waals surface area (Å²) in [6.45, 7) is 10.9. The third-order valence-electron chi connectivity index (χ3n) is 7.31. The van der Waals surface area contributed by atoms with Crippen molar-refractivity contribution >= 4 is 56.0 Å². The van der Waals surface area contributed by atoms with Crippen LogP contribution >= 0.6 is 31.9 Å². The molecule has 12 nitrogen and oxygen atoms in total. The van der Waals surface area contributed by atoms with E-state index < -0.39 is 47.4 Å². The first-order valence-electron chi connectivity index (χ1n) is 14.8. The molecule has 2 heterocycles. The number of phenols is 1. The molecule has 2 aliphatic rings. The zero-order chi connectivity index (χ0) is 35.4. The summed E-state index contributed by atoms with van der Waals surface area (Å²) in [5, 5.41) is 10.1.